The van der Waals surface area contributed by atoms with Gasteiger partial charge in [0, 0.05) is 5.56 Å². The second kappa shape index (κ2) is 4.77. The van der Waals surface area contributed by atoms with Crippen LogP contribution in [0.4, 0.5) is 0 Å². The summed E-state index contributed by atoms with van der Waals surface area (Å²) < 4.78 is 0. The van der Waals surface area contributed by atoms with E-state index in [0.29, 0.717) is 0 Å². The molecule has 0 heterocycles. The highest BCUT2D eigenvalue weighted by atomic mass is 16.1. The molecule has 0 unspecified atom stereocenters. The van der Waals surface area contributed by atoms with Crippen LogP contribution in [0.15, 0.2) is 30.3 Å². The first-order valence-electron chi connectivity index (χ1n) is 6.16. The fraction of sp³-hybridized carbons (Fsp3) is 0.235. The lowest BCUT2D eigenvalue weighted by atomic mass is 9.93. The highest BCUT2D eigenvalue weighted by Crippen LogP contribution is 2.28. The molecule has 0 aliphatic rings. The Morgan fingerprint density at radius 3 is 1.89 bits per heavy atom. The van der Waals surface area contributed by atoms with Gasteiger partial charge in [-0.1, -0.05) is 47.0 Å². The van der Waals surface area contributed by atoms with Gasteiger partial charge in [0.05, 0.1) is 0 Å². The maximum absolute atomic E-state index is 11.3. The second-order valence-corrected chi connectivity index (χ2v) is 5.04. The molecule has 0 radical (unpaired) electrons. The average Bonchev–Trinajstić information content (AvgIpc) is 2.26. The fourth-order valence-corrected chi connectivity index (χ4v) is 2.50. The topological polar surface area (TPSA) is 17.1 Å². The largest absolute Gasteiger partial charge is 0.298 e. The molecule has 0 saturated heterocycles. The molecule has 0 aliphatic carbocycles. The molecule has 2 aromatic carbocycles. The summed E-state index contributed by atoms with van der Waals surface area (Å²) in [6, 6.07) is 10.6. The van der Waals surface area contributed by atoms with Crippen molar-refractivity contribution in [2.24, 2.45) is 0 Å². The van der Waals surface area contributed by atoms with Crippen LogP contribution in [-0.4, -0.2) is 6.29 Å². The number of carbonyl (C=O) groups is 1. The van der Waals surface area contributed by atoms with Crippen molar-refractivity contribution < 1.29 is 4.79 Å². The monoisotopic (exact) mass is 238 g/mol. The summed E-state index contributed by atoms with van der Waals surface area (Å²) in [6.45, 7) is 8.22. The molecule has 0 N–H and O–H groups in total. The first-order chi connectivity index (χ1) is 8.51. The summed E-state index contributed by atoms with van der Waals surface area (Å²) in [5.74, 6) is 0. The Hall–Kier alpha value is -1.89. The first-order valence-corrected chi connectivity index (χ1v) is 6.16. The van der Waals surface area contributed by atoms with Crippen LogP contribution in [0.25, 0.3) is 11.1 Å². The number of hydrogen-bond acceptors (Lipinski definition) is 1. The molecule has 0 amide bonds. The van der Waals surface area contributed by atoms with Gasteiger partial charge in [-0.05, 0) is 44.4 Å². The normalized spacial score (nSPS) is 10.4. The summed E-state index contributed by atoms with van der Waals surface area (Å²) in [6.07, 6.45) is 0.960. The molecule has 18 heavy (non-hydrogen) atoms. The standard InChI is InChI=1S/C17H18O/c1-11-5-12(2)8-15(7-11)16-9-13(3)6-14(4)17(16)10-18/h5-10H,1-4H3. The summed E-state index contributed by atoms with van der Waals surface area (Å²) in [7, 11) is 0. The van der Waals surface area contributed by atoms with Crippen LogP contribution < -0.4 is 0 Å². The zero-order valence-corrected chi connectivity index (χ0v) is 11.4. The van der Waals surface area contributed by atoms with Crippen molar-refractivity contribution in [3.05, 3.63) is 58.1 Å². The Labute approximate surface area is 108 Å². The zero-order chi connectivity index (χ0) is 13.3. The molecule has 0 aromatic heterocycles. The predicted molar refractivity (Wildman–Crippen MR) is 76.2 cm³/mol. The molecular weight excluding hydrogens is 220 g/mol. The van der Waals surface area contributed by atoms with Crippen LogP contribution in [0, 0.1) is 27.7 Å². The van der Waals surface area contributed by atoms with Crippen LogP contribution in [0.3, 0.4) is 0 Å². The Morgan fingerprint density at radius 2 is 1.33 bits per heavy atom. The lowest BCUT2D eigenvalue weighted by molar-refractivity contribution is 0.112. The summed E-state index contributed by atoms with van der Waals surface area (Å²) in [5.41, 5.74) is 7.63. The van der Waals surface area contributed by atoms with Crippen LogP contribution in [0.2, 0.25) is 0 Å². The summed E-state index contributed by atoms with van der Waals surface area (Å²) >= 11 is 0. The van der Waals surface area contributed by atoms with Crippen molar-refractivity contribution in [1.82, 2.24) is 0 Å². The number of benzene rings is 2. The Balaban J connectivity index is 2.73. The Morgan fingerprint density at radius 1 is 0.778 bits per heavy atom. The van der Waals surface area contributed by atoms with Crippen molar-refractivity contribution in [1.29, 1.82) is 0 Å². The van der Waals surface area contributed by atoms with E-state index in [-0.39, 0.29) is 0 Å². The van der Waals surface area contributed by atoms with Crippen LogP contribution in [0.5, 0.6) is 0 Å². The van der Waals surface area contributed by atoms with E-state index in [1.54, 1.807) is 0 Å². The molecule has 0 spiro atoms. The van der Waals surface area contributed by atoms with E-state index >= 15 is 0 Å². The van der Waals surface area contributed by atoms with Gasteiger partial charge in [-0.15, -0.1) is 0 Å². The van der Waals surface area contributed by atoms with E-state index in [1.807, 2.05) is 6.92 Å². The van der Waals surface area contributed by atoms with E-state index in [4.69, 9.17) is 0 Å². The van der Waals surface area contributed by atoms with E-state index in [0.717, 1.165) is 28.5 Å². The highest BCUT2D eigenvalue weighted by Gasteiger charge is 2.09. The van der Waals surface area contributed by atoms with Crippen molar-refractivity contribution in [2.45, 2.75) is 27.7 Å². The Bertz CT molecular complexity index is 589. The molecule has 1 nitrogen and oxygen atoms in total. The minimum atomic E-state index is 0.797. The molecule has 0 bridgehead atoms. The third kappa shape index (κ3) is 2.35. The van der Waals surface area contributed by atoms with Gasteiger partial charge < -0.3 is 0 Å². The lowest BCUT2D eigenvalue weighted by Gasteiger charge is -2.11. The minimum Gasteiger partial charge on any atom is -0.298 e. The number of aldehydes is 1. The third-order valence-corrected chi connectivity index (χ3v) is 3.18. The number of aryl methyl sites for hydroxylation is 4. The van der Waals surface area contributed by atoms with Crippen LogP contribution >= 0.6 is 0 Å². The maximum atomic E-state index is 11.3. The van der Waals surface area contributed by atoms with E-state index in [2.05, 4.69) is 51.1 Å². The van der Waals surface area contributed by atoms with Crippen LogP contribution in [0.1, 0.15) is 32.6 Å². The van der Waals surface area contributed by atoms with Crippen molar-refractivity contribution in [3.8, 4) is 11.1 Å². The van der Waals surface area contributed by atoms with Gasteiger partial charge in [-0.3, -0.25) is 4.79 Å². The van der Waals surface area contributed by atoms with Gasteiger partial charge in [-0.2, -0.15) is 0 Å². The number of rotatable bonds is 2. The molecule has 0 saturated carbocycles. The Kier molecular flexibility index (Phi) is 3.33. The molecule has 92 valence electrons. The number of carbonyl (C=O) groups excluding carboxylic acids is 1. The second-order valence-electron chi connectivity index (χ2n) is 5.04. The predicted octanol–water partition coefficient (Wildman–Crippen LogP) is 4.40. The van der Waals surface area contributed by atoms with Gasteiger partial charge in [0.2, 0.25) is 0 Å². The highest BCUT2D eigenvalue weighted by molar-refractivity contribution is 5.90. The van der Waals surface area contributed by atoms with Crippen molar-refractivity contribution >= 4 is 6.29 Å². The molecule has 0 aliphatic heterocycles. The maximum Gasteiger partial charge on any atom is 0.150 e. The van der Waals surface area contributed by atoms with Gasteiger partial charge in [0.25, 0.3) is 0 Å². The average molecular weight is 238 g/mol. The minimum absolute atomic E-state index is 0.797. The van der Waals surface area contributed by atoms with Crippen molar-refractivity contribution in [3.63, 3.8) is 0 Å². The van der Waals surface area contributed by atoms with E-state index in [1.165, 1.54) is 16.7 Å². The lowest BCUT2D eigenvalue weighted by Crippen LogP contribution is -1.94. The molecule has 0 fully saturated rings. The third-order valence-electron chi connectivity index (χ3n) is 3.18. The SMILES string of the molecule is Cc1cc(C)cc(-c2cc(C)cc(C)c2C=O)c1. The van der Waals surface area contributed by atoms with Crippen molar-refractivity contribution in [2.75, 3.05) is 0 Å². The van der Waals surface area contributed by atoms with Gasteiger partial charge in [0.15, 0.2) is 6.29 Å². The summed E-state index contributed by atoms with van der Waals surface area (Å²) in [5, 5.41) is 0. The van der Waals surface area contributed by atoms with Gasteiger partial charge in [-0.25, -0.2) is 0 Å². The quantitative estimate of drug-likeness (QED) is 0.709. The van der Waals surface area contributed by atoms with E-state index in [9.17, 15) is 4.79 Å². The van der Waals surface area contributed by atoms with Gasteiger partial charge >= 0.3 is 0 Å². The molecular formula is C17H18O. The molecule has 2 rings (SSSR count). The molecule has 1 heteroatoms. The number of hydrogen-bond donors (Lipinski definition) is 0. The molecule has 2 aromatic rings. The first kappa shape index (κ1) is 12.6. The zero-order valence-electron chi connectivity index (χ0n) is 11.4. The smallest absolute Gasteiger partial charge is 0.150 e. The van der Waals surface area contributed by atoms with Crippen LogP contribution in [-0.2, 0) is 0 Å². The fourth-order valence-electron chi connectivity index (χ4n) is 2.50. The summed E-state index contributed by atoms with van der Waals surface area (Å²) in [4.78, 5) is 11.3. The van der Waals surface area contributed by atoms with E-state index < -0.39 is 0 Å². The molecule has 0 atom stereocenters. The van der Waals surface area contributed by atoms with Gasteiger partial charge in [0.1, 0.15) is 0 Å².